The predicted molar refractivity (Wildman–Crippen MR) is 98.4 cm³/mol. The zero-order valence-electron chi connectivity index (χ0n) is 15.3. The van der Waals surface area contributed by atoms with E-state index in [1.807, 2.05) is 0 Å². The van der Waals surface area contributed by atoms with Gasteiger partial charge in [0.25, 0.3) is 0 Å². The van der Waals surface area contributed by atoms with Gasteiger partial charge in [-0.25, -0.2) is 0 Å². The molecular formula is C22H32O2. The number of ether oxygens (including phenoxy) is 1. The highest BCUT2D eigenvalue weighted by molar-refractivity contribution is 5.82. The lowest BCUT2D eigenvalue weighted by molar-refractivity contribution is -0.128. The molecule has 132 valence electrons. The highest BCUT2D eigenvalue weighted by Gasteiger charge is 2.35. The smallest absolute Gasteiger partial charge is 0.136 e. The van der Waals surface area contributed by atoms with Crippen LogP contribution in [0.3, 0.4) is 0 Å². The first-order valence-electron chi connectivity index (χ1n) is 9.88. The number of Topliss-reactive ketones (excluding diaryl/α,β-unsaturated/α-hetero) is 1. The summed E-state index contributed by atoms with van der Waals surface area (Å²) in [7, 11) is 1.71. The molecule has 2 aliphatic carbocycles. The molecule has 2 saturated carbocycles. The molecule has 2 nitrogen and oxygen atoms in total. The van der Waals surface area contributed by atoms with Crippen molar-refractivity contribution in [1.82, 2.24) is 0 Å². The molecule has 24 heavy (non-hydrogen) atoms. The maximum Gasteiger partial charge on any atom is 0.136 e. The molecule has 3 rings (SSSR count). The molecule has 2 atom stereocenters. The zero-order chi connectivity index (χ0) is 16.9. The summed E-state index contributed by atoms with van der Waals surface area (Å²) in [6.07, 6.45) is 10.7. The SMILES string of the molecule is CCCC1CCC(C2CCC(c3ccc(OC)cc3)CC2)C(=O)C1. The predicted octanol–water partition coefficient (Wildman–Crippen LogP) is 5.75. The van der Waals surface area contributed by atoms with Crippen molar-refractivity contribution >= 4 is 5.78 Å². The molecule has 0 radical (unpaired) electrons. The summed E-state index contributed by atoms with van der Waals surface area (Å²) in [4.78, 5) is 12.6. The third kappa shape index (κ3) is 4.02. The average molecular weight is 328 g/mol. The Morgan fingerprint density at radius 3 is 2.29 bits per heavy atom. The van der Waals surface area contributed by atoms with Gasteiger partial charge in [0.15, 0.2) is 0 Å². The van der Waals surface area contributed by atoms with Gasteiger partial charge >= 0.3 is 0 Å². The molecular weight excluding hydrogens is 296 g/mol. The van der Waals surface area contributed by atoms with E-state index < -0.39 is 0 Å². The number of rotatable bonds is 5. The van der Waals surface area contributed by atoms with Gasteiger partial charge in [0, 0.05) is 12.3 Å². The van der Waals surface area contributed by atoms with Crippen molar-refractivity contribution < 1.29 is 9.53 Å². The Hall–Kier alpha value is -1.31. The number of hydrogen-bond acceptors (Lipinski definition) is 2. The fourth-order valence-electron chi connectivity index (χ4n) is 5.00. The molecule has 0 amide bonds. The second kappa shape index (κ2) is 8.18. The summed E-state index contributed by atoms with van der Waals surface area (Å²) >= 11 is 0. The van der Waals surface area contributed by atoms with Gasteiger partial charge in [-0.3, -0.25) is 4.79 Å². The van der Waals surface area contributed by atoms with Crippen molar-refractivity contribution in [2.24, 2.45) is 17.8 Å². The van der Waals surface area contributed by atoms with Gasteiger partial charge in [-0.05, 0) is 74.0 Å². The lowest BCUT2D eigenvalue weighted by Crippen LogP contribution is -2.32. The Morgan fingerprint density at radius 1 is 1.00 bits per heavy atom. The highest BCUT2D eigenvalue weighted by atomic mass is 16.5. The molecule has 0 aromatic heterocycles. The van der Waals surface area contributed by atoms with E-state index in [1.54, 1.807) is 7.11 Å². The van der Waals surface area contributed by atoms with Crippen LogP contribution in [0.15, 0.2) is 24.3 Å². The molecule has 0 saturated heterocycles. The summed E-state index contributed by atoms with van der Waals surface area (Å²) in [5, 5.41) is 0. The van der Waals surface area contributed by atoms with Crippen LogP contribution in [-0.4, -0.2) is 12.9 Å². The lowest BCUT2D eigenvalue weighted by Gasteiger charge is -2.37. The maximum atomic E-state index is 12.6. The Balaban J connectivity index is 1.52. The summed E-state index contributed by atoms with van der Waals surface area (Å²) < 4.78 is 5.25. The fourth-order valence-corrected chi connectivity index (χ4v) is 5.00. The summed E-state index contributed by atoms with van der Waals surface area (Å²) in [6, 6.07) is 8.57. The summed E-state index contributed by atoms with van der Waals surface area (Å²) in [6.45, 7) is 2.23. The summed E-state index contributed by atoms with van der Waals surface area (Å²) in [5.74, 6) is 3.87. The van der Waals surface area contributed by atoms with Crippen LogP contribution in [0.4, 0.5) is 0 Å². The van der Waals surface area contributed by atoms with Gasteiger partial charge in [-0.1, -0.05) is 31.9 Å². The van der Waals surface area contributed by atoms with E-state index in [0.29, 0.717) is 29.5 Å². The molecule has 1 aromatic rings. The molecule has 2 unspecified atom stereocenters. The van der Waals surface area contributed by atoms with Crippen molar-refractivity contribution in [1.29, 1.82) is 0 Å². The van der Waals surface area contributed by atoms with Crippen molar-refractivity contribution in [2.75, 3.05) is 7.11 Å². The molecule has 1 aromatic carbocycles. The molecule has 0 bridgehead atoms. The standard InChI is InChI=1S/C22H32O2/c1-3-4-16-5-14-21(22(23)15-16)19-8-6-17(7-9-19)18-10-12-20(24-2)13-11-18/h10-13,16-17,19,21H,3-9,14-15H2,1-2H3. The second-order valence-electron chi connectivity index (χ2n) is 7.89. The van der Waals surface area contributed by atoms with Gasteiger partial charge in [0.05, 0.1) is 7.11 Å². The highest BCUT2D eigenvalue weighted by Crippen LogP contribution is 2.43. The van der Waals surface area contributed by atoms with Gasteiger partial charge in [-0.2, -0.15) is 0 Å². The first-order chi connectivity index (χ1) is 11.7. The number of benzene rings is 1. The van der Waals surface area contributed by atoms with Crippen molar-refractivity contribution in [3.05, 3.63) is 29.8 Å². The fraction of sp³-hybridized carbons (Fsp3) is 0.682. The maximum absolute atomic E-state index is 12.6. The van der Waals surface area contributed by atoms with Crippen LogP contribution in [0.1, 0.15) is 76.2 Å². The van der Waals surface area contributed by atoms with E-state index in [2.05, 4.69) is 31.2 Å². The van der Waals surface area contributed by atoms with Crippen LogP contribution in [0, 0.1) is 17.8 Å². The van der Waals surface area contributed by atoms with Gasteiger partial charge in [-0.15, -0.1) is 0 Å². The topological polar surface area (TPSA) is 26.3 Å². The first-order valence-corrected chi connectivity index (χ1v) is 9.88. The number of hydrogen-bond donors (Lipinski definition) is 0. The first kappa shape index (κ1) is 17.5. The average Bonchev–Trinajstić information content (AvgIpc) is 2.62. The minimum Gasteiger partial charge on any atom is -0.497 e. The Kier molecular flexibility index (Phi) is 5.97. The van der Waals surface area contributed by atoms with Gasteiger partial charge in [0.2, 0.25) is 0 Å². The van der Waals surface area contributed by atoms with Crippen LogP contribution in [-0.2, 0) is 4.79 Å². The number of carbonyl (C=O) groups excluding carboxylic acids is 1. The van der Waals surface area contributed by atoms with E-state index in [4.69, 9.17) is 4.74 Å². The van der Waals surface area contributed by atoms with E-state index in [1.165, 1.54) is 50.5 Å². The molecule has 0 spiro atoms. The second-order valence-corrected chi connectivity index (χ2v) is 7.89. The number of carbonyl (C=O) groups is 1. The Morgan fingerprint density at radius 2 is 1.71 bits per heavy atom. The van der Waals surface area contributed by atoms with E-state index in [9.17, 15) is 4.79 Å². The number of ketones is 1. The van der Waals surface area contributed by atoms with Crippen molar-refractivity contribution in [2.45, 2.75) is 70.6 Å². The largest absolute Gasteiger partial charge is 0.497 e. The third-order valence-corrected chi connectivity index (χ3v) is 6.41. The van der Waals surface area contributed by atoms with E-state index >= 15 is 0 Å². The van der Waals surface area contributed by atoms with Crippen molar-refractivity contribution in [3.8, 4) is 5.75 Å². The Bertz CT molecular complexity index is 525. The normalized spacial score (nSPS) is 31.0. The van der Waals surface area contributed by atoms with Crippen molar-refractivity contribution in [3.63, 3.8) is 0 Å². The molecule has 2 fully saturated rings. The lowest BCUT2D eigenvalue weighted by atomic mass is 9.67. The zero-order valence-corrected chi connectivity index (χ0v) is 15.3. The minimum absolute atomic E-state index is 0.370. The van der Waals surface area contributed by atoms with Crippen LogP contribution >= 0.6 is 0 Å². The van der Waals surface area contributed by atoms with Crippen LogP contribution in [0.5, 0.6) is 5.75 Å². The molecule has 2 heteroatoms. The molecule has 0 N–H and O–H groups in total. The molecule has 0 aliphatic heterocycles. The third-order valence-electron chi connectivity index (χ3n) is 6.41. The van der Waals surface area contributed by atoms with Gasteiger partial charge in [0.1, 0.15) is 11.5 Å². The monoisotopic (exact) mass is 328 g/mol. The minimum atomic E-state index is 0.370. The number of methoxy groups -OCH3 is 1. The van der Waals surface area contributed by atoms with E-state index in [0.717, 1.165) is 18.6 Å². The van der Waals surface area contributed by atoms with Gasteiger partial charge < -0.3 is 4.74 Å². The van der Waals surface area contributed by atoms with Crippen LogP contribution in [0.25, 0.3) is 0 Å². The van der Waals surface area contributed by atoms with Crippen LogP contribution < -0.4 is 4.74 Å². The molecule has 0 heterocycles. The van der Waals surface area contributed by atoms with Crippen LogP contribution in [0.2, 0.25) is 0 Å². The van der Waals surface area contributed by atoms with E-state index in [-0.39, 0.29) is 0 Å². The quantitative estimate of drug-likeness (QED) is 0.687. The summed E-state index contributed by atoms with van der Waals surface area (Å²) in [5.41, 5.74) is 1.44. The molecule has 2 aliphatic rings. The Labute approximate surface area is 147 Å².